The summed E-state index contributed by atoms with van der Waals surface area (Å²) in [5, 5.41) is -0.897. The largest absolute Gasteiger partial charge is 0.285 e. The van der Waals surface area contributed by atoms with E-state index in [-0.39, 0.29) is 6.42 Å². The molecule has 0 aromatic carbocycles. The van der Waals surface area contributed by atoms with Gasteiger partial charge in [-0.05, 0) is 19.4 Å². The van der Waals surface area contributed by atoms with Gasteiger partial charge in [0.1, 0.15) is 5.25 Å². The van der Waals surface area contributed by atoms with Crippen molar-refractivity contribution >= 4 is 29.0 Å². The highest BCUT2D eigenvalue weighted by molar-refractivity contribution is 7.87. The molecule has 0 amide bonds. The number of aliphatic imine (C=N–C) groups is 1. The van der Waals surface area contributed by atoms with E-state index in [1.54, 1.807) is 19.2 Å². The van der Waals surface area contributed by atoms with Gasteiger partial charge in [-0.3, -0.25) is 9.55 Å². The molecular weight excluding hydrogens is 222 g/mol. The number of thiol groups is 1. The lowest BCUT2D eigenvalue weighted by atomic mass is 10.1. The minimum Gasteiger partial charge on any atom is -0.285 e. The highest BCUT2D eigenvalue weighted by Gasteiger charge is 2.23. The first-order chi connectivity index (χ1) is 6.45. The van der Waals surface area contributed by atoms with Crippen LogP contribution < -0.4 is 0 Å². The Balaban J connectivity index is 2.93. The highest BCUT2D eigenvalue weighted by Crippen LogP contribution is 2.25. The van der Waals surface area contributed by atoms with Crippen molar-refractivity contribution in [1.82, 2.24) is 0 Å². The summed E-state index contributed by atoms with van der Waals surface area (Å²) in [6, 6.07) is 0. The van der Waals surface area contributed by atoms with E-state index >= 15 is 0 Å². The third-order valence-corrected chi connectivity index (χ3v) is 3.27. The molecule has 1 N–H and O–H groups in total. The summed E-state index contributed by atoms with van der Waals surface area (Å²) in [4.78, 5) is 4.47. The van der Waals surface area contributed by atoms with Crippen LogP contribution in [0.25, 0.3) is 0 Å². The van der Waals surface area contributed by atoms with Crippen LogP contribution in [0.1, 0.15) is 13.3 Å². The van der Waals surface area contributed by atoms with Gasteiger partial charge >= 0.3 is 0 Å². The molecule has 1 atom stereocenters. The summed E-state index contributed by atoms with van der Waals surface area (Å²) in [6.45, 7) is 1.76. The van der Waals surface area contributed by atoms with Crippen LogP contribution >= 0.6 is 12.6 Å². The van der Waals surface area contributed by atoms with Crippen molar-refractivity contribution in [2.75, 3.05) is 0 Å². The summed E-state index contributed by atoms with van der Waals surface area (Å²) < 4.78 is 30.4. The summed E-state index contributed by atoms with van der Waals surface area (Å²) in [6.07, 6.45) is 4.86. The second kappa shape index (κ2) is 4.29. The van der Waals surface area contributed by atoms with Gasteiger partial charge in [-0.1, -0.05) is 6.08 Å². The maximum atomic E-state index is 10.8. The second-order valence-corrected chi connectivity index (χ2v) is 4.93. The second-order valence-electron chi connectivity index (χ2n) is 2.82. The van der Waals surface area contributed by atoms with Crippen molar-refractivity contribution < 1.29 is 13.0 Å². The number of rotatable bonds is 2. The van der Waals surface area contributed by atoms with Gasteiger partial charge < -0.3 is 0 Å². The van der Waals surface area contributed by atoms with Crippen LogP contribution in [0.4, 0.5) is 0 Å². The average Bonchev–Trinajstić information content (AvgIpc) is 2.07. The molecule has 0 aromatic rings. The third-order valence-electron chi connectivity index (χ3n) is 1.80. The molecule has 1 rings (SSSR count). The molecule has 1 unspecified atom stereocenters. The van der Waals surface area contributed by atoms with Gasteiger partial charge in [0, 0.05) is 11.1 Å². The fraction of sp³-hybridized carbons (Fsp3) is 0.375. The topological polar surface area (TPSA) is 66.7 Å². The quantitative estimate of drug-likeness (QED) is 0.431. The molecule has 1 aliphatic carbocycles. The third kappa shape index (κ3) is 2.70. The van der Waals surface area contributed by atoms with Crippen molar-refractivity contribution in [3.8, 4) is 0 Å². The van der Waals surface area contributed by atoms with Crippen molar-refractivity contribution in [2.24, 2.45) is 4.99 Å². The van der Waals surface area contributed by atoms with Crippen LogP contribution in [0.5, 0.6) is 0 Å². The molecule has 0 fully saturated rings. The molecule has 0 spiro atoms. The monoisotopic (exact) mass is 233 g/mol. The van der Waals surface area contributed by atoms with E-state index in [1.807, 2.05) is 0 Å². The Bertz CT molecular complexity index is 406. The molecule has 6 heteroatoms. The Labute approximate surface area is 88.6 Å². The van der Waals surface area contributed by atoms with Crippen LogP contribution in [-0.4, -0.2) is 24.4 Å². The van der Waals surface area contributed by atoms with Crippen LogP contribution in [0.3, 0.4) is 0 Å². The Hall–Kier alpha value is -0.590. The minimum atomic E-state index is -4.02. The normalized spacial score (nSPS) is 23.5. The van der Waals surface area contributed by atoms with Crippen LogP contribution in [0.2, 0.25) is 0 Å². The van der Waals surface area contributed by atoms with Crippen LogP contribution in [-0.2, 0) is 10.1 Å². The predicted octanol–water partition coefficient (Wildman–Crippen LogP) is 1.43. The predicted molar refractivity (Wildman–Crippen MR) is 59.3 cm³/mol. The zero-order valence-corrected chi connectivity index (χ0v) is 9.29. The molecule has 78 valence electrons. The lowest BCUT2D eigenvalue weighted by Crippen LogP contribution is -2.19. The van der Waals surface area contributed by atoms with Gasteiger partial charge in [-0.25, -0.2) is 0 Å². The first-order valence-corrected chi connectivity index (χ1v) is 5.96. The van der Waals surface area contributed by atoms with Gasteiger partial charge in [0.25, 0.3) is 10.1 Å². The van der Waals surface area contributed by atoms with E-state index in [4.69, 9.17) is 4.55 Å². The van der Waals surface area contributed by atoms with Gasteiger partial charge in [-0.15, -0.1) is 12.6 Å². The molecule has 0 saturated carbocycles. The Morgan fingerprint density at radius 1 is 1.71 bits per heavy atom. The highest BCUT2D eigenvalue weighted by atomic mass is 32.2. The number of nitrogens with zero attached hydrogens (tertiary/aromatic N) is 1. The zero-order valence-electron chi connectivity index (χ0n) is 7.58. The summed E-state index contributed by atoms with van der Waals surface area (Å²) in [7, 11) is -4.02. The molecule has 0 aromatic heterocycles. The van der Waals surface area contributed by atoms with E-state index < -0.39 is 15.4 Å². The van der Waals surface area contributed by atoms with Crippen molar-refractivity contribution in [3.63, 3.8) is 0 Å². The summed E-state index contributed by atoms with van der Waals surface area (Å²) in [5.74, 6) is 0. The van der Waals surface area contributed by atoms with Gasteiger partial charge in [0.2, 0.25) is 0 Å². The SMILES string of the molecule is C/C=N/C1=CCC(S(=O)(=O)O)C=C1S. The standard InChI is InChI=1S/C8H11NO3S2/c1-2-9-7-4-3-6(5-8(7)13)14(10,11)12/h2,4-6,13H,3H2,1H3,(H,10,11,12)/b9-2+. The van der Waals surface area contributed by atoms with Crippen LogP contribution in [0, 0.1) is 0 Å². The molecule has 0 radical (unpaired) electrons. The Kier molecular flexibility index (Phi) is 3.52. The smallest absolute Gasteiger partial charge is 0.271 e. The van der Waals surface area contributed by atoms with E-state index in [1.165, 1.54) is 6.08 Å². The van der Waals surface area contributed by atoms with Gasteiger partial charge in [0.05, 0.1) is 5.70 Å². The summed E-state index contributed by atoms with van der Waals surface area (Å²) >= 11 is 4.08. The molecule has 0 bridgehead atoms. The molecule has 0 heterocycles. The first kappa shape index (κ1) is 11.5. The van der Waals surface area contributed by atoms with E-state index in [9.17, 15) is 8.42 Å². The molecular formula is C8H11NO3S2. The van der Waals surface area contributed by atoms with Crippen molar-refractivity contribution in [1.29, 1.82) is 0 Å². The summed E-state index contributed by atoms with van der Waals surface area (Å²) in [5.41, 5.74) is 0.635. The minimum absolute atomic E-state index is 0.232. The Morgan fingerprint density at radius 2 is 2.36 bits per heavy atom. The first-order valence-electron chi connectivity index (χ1n) is 4.01. The van der Waals surface area contributed by atoms with Gasteiger partial charge in [0.15, 0.2) is 0 Å². The molecule has 0 aliphatic heterocycles. The maximum Gasteiger partial charge on any atom is 0.271 e. The number of allylic oxidation sites excluding steroid dienone is 1. The van der Waals surface area contributed by atoms with E-state index in [0.29, 0.717) is 10.6 Å². The molecule has 1 aliphatic rings. The fourth-order valence-electron chi connectivity index (χ4n) is 1.13. The molecule has 14 heavy (non-hydrogen) atoms. The lowest BCUT2D eigenvalue weighted by Gasteiger charge is -2.14. The lowest BCUT2D eigenvalue weighted by molar-refractivity contribution is 0.474. The van der Waals surface area contributed by atoms with Crippen molar-refractivity contribution in [3.05, 3.63) is 22.8 Å². The zero-order chi connectivity index (χ0) is 10.8. The Morgan fingerprint density at radius 3 is 2.79 bits per heavy atom. The molecule has 4 nitrogen and oxygen atoms in total. The fourth-order valence-corrected chi connectivity index (χ4v) is 2.20. The number of hydrogen-bond donors (Lipinski definition) is 2. The maximum absolute atomic E-state index is 10.8. The average molecular weight is 233 g/mol. The van der Waals surface area contributed by atoms with Crippen molar-refractivity contribution in [2.45, 2.75) is 18.6 Å². The van der Waals surface area contributed by atoms with Crippen LogP contribution in [0.15, 0.2) is 27.7 Å². The van der Waals surface area contributed by atoms with E-state index in [0.717, 1.165) is 0 Å². The van der Waals surface area contributed by atoms with Gasteiger partial charge in [-0.2, -0.15) is 8.42 Å². The van der Waals surface area contributed by atoms with E-state index in [2.05, 4.69) is 17.6 Å². The number of hydrogen-bond acceptors (Lipinski definition) is 4. The molecule has 0 saturated heterocycles.